The fourth-order valence-corrected chi connectivity index (χ4v) is 2.09. The highest BCUT2D eigenvalue weighted by Gasteiger charge is 2.36. The van der Waals surface area contributed by atoms with Crippen molar-refractivity contribution in [3.05, 3.63) is 0 Å². The number of ether oxygens (including phenoxy) is 2. The Morgan fingerprint density at radius 3 is 2.41 bits per heavy atom. The molecule has 17 heavy (non-hydrogen) atoms. The largest absolute Gasteiger partial charge is 0.347 e. The van der Waals surface area contributed by atoms with Gasteiger partial charge >= 0.3 is 0 Å². The van der Waals surface area contributed by atoms with E-state index >= 15 is 0 Å². The summed E-state index contributed by atoms with van der Waals surface area (Å²) in [5, 5.41) is 0. The number of ketones is 1. The Morgan fingerprint density at radius 1 is 1.18 bits per heavy atom. The Bertz CT molecular complexity index is 236. The standard InChI is InChI=1S/C14H26O3/c1-4-5-6-7-8-9-10-12(15)13-11-16-14(2,3)17-13/h13H,4-11H2,1-3H3/t13-/m1/s1. The summed E-state index contributed by atoms with van der Waals surface area (Å²) in [5.74, 6) is -0.382. The Labute approximate surface area is 105 Å². The Kier molecular flexibility index (Phi) is 6.14. The van der Waals surface area contributed by atoms with E-state index in [1.807, 2.05) is 13.8 Å². The van der Waals surface area contributed by atoms with Crippen molar-refractivity contribution < 1.29 is 14.3 Å². The molecule has 0 aromatic carbocycles. The van der Waals surface area contributed by atoms with Crippen LogP contribution in [0, 0.1) is 0 Å². The van der Waals surface area contributed by atoms with E-state index < -0.39 is 5.79 Å². The monoisotopic (exact) mass is 242 g/mol. The van der Waals surface area contributed by atoms with Gasteiger partial charge in [0.2, 0.25) is 0 Å². The minimum Gasteiger partial charge on any atom is -0.347 e. The predicted molar refractivity (Wildman–Crippen MR) is 67.9 cm³/mol. The van der Waals surface area contributed by atoms with Gasteiger partial charge in [-0.05, 0) is 20.3 Å². The van der Waals surface area contributed by atoms with Crippen molar-refractivity contribution in [1.29, 1.82) is 0 Å². The molecule has 0 amide bonds. The molecule has 0 saturated carbocycles. The first-order chi connectivity index (χ1) is 8.05. The van der Waals surface area contributed by atoms with Gasteiger partial charge < -0.3 is 9.47 Å². The van der Waals surface area contributed by atoms with E-state index in [1.165, 1.54) is 25.7 Å². The molecule has 100 valence electrons. The predicted octanol–water partition coefficient (Wildman–Crippen LogP) is 3.46. The number of rotatable bonds is 8. The van der Waals surface area contributed by atoms with E-state index in [0.717, 1.165) is 12.8 Å². The molecular weight excluding hydrogens is 216 g/mol. The zero-order chi connectivity index (χ0) is 12.7. The van der Waals surface area contributed by atoms with Crippen LogP contribution in [0.15, 0.2) is 0 Å². The molecule has 1 aliphatic rings. The van der Waals surface area contributed by atoms with Gasteiger partial charge in [-0.3, -0.25) is 4.79 Å². The van der Waals surface area contributed by atoms with Crippen molar-refractivity contribution in [3.63, 3.8) is 0 Å². The van der Waals surface area contributed by atoms with Crippen LogP contribution in [0.3, 0.4) is 0 Å². The molecule has 0 unspecified atom stereocenters. The zero-order valence-corrected chi connectivity index (χ0v) is 11.5. The smallest absolute Gasteiger partial charge is 0.164 e. The van der Waals surface area contributed by atoms with Crippen LogP contribution in [-0.4, -0.2) is 24.3 Å². The molecule has 1 saturated heterocycles. The van der Waals surface area contributed by atoms with Crippen LogP contribution in [0.2, 0.25) is 0 Å². The first kappa shape index (κ1) is 14.7. The van der Waals surface area contributed by atoms with Gasteiger partial charge in [-0.2, -0.15) is 0 Å². The average Bonchev–Trinajstić information content (AvgIpc) is 2.64. The summed E-state index contributed by atoms with van der Waals surface area (Å²) in [6.45, 7) is 6.33. The van der Waals surface area contributed by atoms with Crippen LogP contribution >= 0.6 is 0 Å². The summed E-state index contributed by atoms with van der Waals surface area (Å²) in [6, 6.07) is 0. The molecule has 0 radical (unpaired) electrons. The highest BCUT2D eigenvalue weighted by molar-refractivity contribution is 5.83. The fourth-order valence-electron chi connectivity index (χ4n) is 2.09. The lowest BCUT2D eigenvalue weighted by Gasteiger charge is -2.16. The van der Waals surface area contributed by atoms with Gasteiger partial charge in [0.05, 0.1) is 6.61 Å². The zero-order valence-electron chi connectivity index (χ0n) is 11.5. The van der Waals surface area contributed by atoms with Crippen molar-refractivity contribution in [2.24, 2.45) is 0 Å². The number of unbranched alkanes of at least 4 members (excludes halogenated alkanes) is 5. The third-order valence-electron chi connectivity index (χ3n) is 3.14. The second-order valence-corrected chi connectivity index (χ2v) is 5.30. The van der Waals surface area contributed by atoms with Crippen LogP contribution in [0.4, 0.5) is 0 Å². The molecule has 1 atom stereocenters. The second kappa shape index (κ2) is 7.12. The summed E-state index contributed by atoms with van der Waals surface area (Å²) in [4.78, 5) is 11.8. The maximum atomic E-state index is 11.8. The number of hydrogen-bond donors (Lipinski definition) is 0. The van der Waals surface area contributed by atoms with Gasteiger partial charge in [0.1, 0.15) is 6.10 Å². The normalized spacial score (nSPS) is 22.9. The molecule has 0 spiro atoms. The van der Waals surface area contributed by atoms with Crippen LogP contribution in [0.1, 0.15) is 65.7 Å². The number of Topliss-reactive ketones (excluding diaryl/α,β-unsaturated/α-hetero) is 1. The molecule has 0 N–H and O–H groups in total. The third kappa shape index (κ3) is 5.64. The summed E-state index contributed by atoms with van der Waals surface area (Å²) < 4.78 is 10.9. The Hall–Kier alpha value is -0.410. The summed E-state index contributed by atoms with van der Waals surface area (Å²) in [6.07, 6.45) is 7.56. The van der Waals surface area contributed by atoms with Crippen molar-refractivity contribution in [1.82, 2.24) is 0 Å². The van der Waals surface area contributed by atoms with E-state index in [0.29, 0.717) is 13.0 Å². The molecule has 0 bridgehead atoms. The maximum absolute atomic E-state index is 11.8. The molecule has 0 aliphatic carbocycles. The molecule has 1 rings (SSSR count). The van der Waals surface area contributed by atoms with Crippen LogP contribution in [0.5, 0.6) is 0 Å². The maximum Gasteiger partial charge on any atom is 0.164 e. The van der Waals surface area contributed by atoms with Crippen molar-refractivity contribution in [2.75, 3.05) is 6.61 Å². The van der Waals surface area contributed by atoms with Crippen molar-refractivity contribution in [2.45, 2.75) is 77.6 Å². The molecular formula is C14H26O3. The average molecular weight is 242 g/mol. The molecule has 0 aromatic rings. The molecule has 3 nitrogen and oxygen atoms in total. The second-order valence-electron chi connectivity index (χ2n) is 5.30. The third-order valence-corrected chi connectivity index (χ3v) is 3.14. The van der Waals surface area contributed by atoms with Gasteiger partial charge in [0.15, 0.2) is 11.6 Å². The number of carbonyl (C=O) groups is 1. The van der Waals surface area contributed by atoms with E-state index in [4.69, 9.17) is 9.47 Å². The van der Waals surface area contributed by atoms with E-state index in [1.54, 1.807) is 0 Å². The highest BCUT2D eigenvalue weighted by atomic mass is 16.7. The number of carbonyl (C=O) groups excluding carboxylic acids is 1. The minimum atomic E-state index is -0.582. The van der Waals surface area contributed by atoms with E-state index in [2.05, 4.69) is 6.92 Å². The summed E-state index contributed by atoms with van der Waals surface area (Å²) >= 11 is 0. The van der Waals surface area contributed by atoms with Crippen LogP contribution in [-0.2, 0) is 14.3 Å². The summed E-state index contributed by atoms with van der Waals surface area (Å²) in [5.41, 5.74) is 0. The Morgan fingerprint density at radius 2 is 1.82 bits per heavy atom. The van der Waals surface area contributed by atoms with Gasteiger partial charge in [0.25, 0.3) is 0 Å². The lowest BCUT2D eigenvalue weighted by atomic mass is 10.1. The molecule has 0 aromatic heterocycles. The van der Waals surface area contributed by atoms with E-state index in [9.17, 15) is 4.79 Å². The van der Waals surface area contributed by atoms with Crippen LogP contribution < -0.4 is 0 Å². The van der Waals surface area contributed by atoms with Gasteiger partial charge in [-0.15, -0.1) is 0 Å². The van der Waals surface area contributed by atoms with Crippen molar-refractivity contribution >= 4 is 5.78 Å². The van der Waals surface area contributed by atoms with E-state index in [-0.39, 0.29) is 11.9 Å². The Balaban J connectivity index is 2.06. The lowest BCUT2D eigenvalue weighted by molar-refractivity contribution is -0.152. The SMILES string of the molecule is CCCCCCCCC(=O)[C@H]1COC(C)(C)O1. The molecule has 1 heterocycles. The number of hydrogen-bond acceptors (Lipinski definition) is 3. The molecule has 1 fully saturated rings. The first-order valence-corrected chi connectivity index (χ1v) is 6.89. The topological polar surface area (TPSA) is 35.5 Å². The van der Waals surface area contributed by atoms with Gasteiger partial charge in [-0.1, -0.05) is 39.0 Å². The van der Waals surface area contributed by atoms with Gasteiger partial charge in [0, 0.05) is 6.42 Å². The minimum absolute atomic E-state index is 0.200. The van der Waals surface area contributed by atoms with Crippen LogP contribution in [0.25, 0.3) is 0 Å². The quantitative estimate of drug-likeness (QED) is 0.611. The fraction of sp³-hybridized carbons (Fsp3) is 0.929. The summed E-state index contributed by atoms with van der Waals surface area (Å²) in [7, 11) is 0. The first-order valence-electron chi connectivity index (χ1n) is 6.89. The van der Waals surface area contributed by atoms with Gasteiger partial charge in [-0.25, -0.2) is 0 Å². The molecule has 3 heteroatoms. The highest BCUT2D eigenvalue weighted by Crippen LogP contribution is 2.23. The lowest BCUT2D eigenvalue weighted by Crippen LogP contribution is -2.26. The molecule has 1 aliphatic heterocycles. The van der Waals surface area contributed by atoms with Crippen molar-refractivity contribution in [3.8, 4) is 0 Å².